The lowest BCUT2D eigenvalue weighted by Gasteiger charge is -2.85. The molecule has 0 saturated heterocycles. The fourth-order valence-electron chi connectivity index (χ4n) is 9.69. The fourth-order valence-corrected chi connectivity index (χ4v) is 12.0. The maximum atomic E-state index is 12.1. The van der Waals surface area contributed by atoms with Gasteiger partial charge in [0, 0.05) is 38.8 Å². The van der Waals surface area contributed by atoms with Gasteiger partial charge in [-0.2, -0.15) is 0 Å². The summed E-state index contributed by atoms with van der Waals surface area (Å²) in [5, 5.41) is 18.6. The number of ether oxygens (including phenoxy) is 1. The number of fused-ring (bicyclic) bond motifs is 4. The van der Waals surface area contributed by atoms with E-state index in [-0.39, 0.29) is 22.9 Å². The molecular weight excluding hydrogens is 607 g/mol. The molecule has 0 aliphatic heterocycles. The number of halogens is 3. The number of benzene rings is 2. The lowest BCUT2D eigenvalue weighted by Crippen LogP contribution is -2.90. The van der Waals surface area contributed by atoms with E-state index >= 15 is 0 Å². The van der Waals surface area contributed by atoms with Crippen LogP contribution in [0.15, 0.2) is 45.4 Å². The highest BCUT2D eigenvalue weighted by Gasteiger charge is 3.11. The van der Waals surface area contributed by atoms with Crippen LogP contribution in [0.5, 0.6) is 0 Å². The van der Waals surface area contributed by atoms with Crippen LogP contribution in [0.4, 0.5) is 0 Å². The first-order chi connectivity index (χ1) is 18.4. The first kappa shape index (κ1) is 22.2. The largest absolute Gasteiger partial charge is 0.382 e. The average molecular weight is 628 g/mol. The highest BCUT2D eigenvalue weighted by atomic mass is 79.9. The van der Waals surface area contributed by atoms with Gasteiger partial charge in [-0.3, -0.25) is 0 Å². The van der Waals surface area contributed by atoms with Gasteiger partial charge in [-0.05, 0) is 67.3 Å². The number of thiazole rings is 1. The van der Waals surface area contributed by atoms with Crippen molar-refractivity contribution in [2.24, 2.45) is 35.0 Å². The monoisotopic (exact) mass is 626 g/mol. The second kappa shape index (κ2) is 6.69. The molecule has 2 heterocycles. The van der Waals surface area contributed by atoms with Crippen molar-refractivity contribution in [3.63, 3.8) is 0 Å². The lowest BCUT2D eigenvalue weighted by atomic mass is 9.21. The van der Waals surface area contributed by atoms with E-state index in [9.17, 15) is 5.11 Å². The molecule has 10 rings (SSSR count). The summed E-state index contributed by atoms with van der Waals surface area (Å²) in [5.74, 6) is 3.63. The van der Waals surface area contributed by atoms with E-state index in [0.717, 1.165) is 56.2 Å². The molecule has 9 heteroatoms. The molecule has 6 aliphatic carbocycles. The number of nitrogens with zero attached hydrogens (tertiary/aromatic N) is 2. The normalized spacial score (nSPS) is 40.5. The quantitative estimate of drug-likeness (QED) is 0.239. The van der Waals surface area contributed by atoms with Crippen molar-refractivity contribution < 1.29 is 14.4 Å². The Morgan fingerprint density at radius 3 is 2.76 bits per heavy atom. The molecule has 0 amide bonds. The van der Waals surface area contributed by atoms with Gasteiger partial charge in [-0.15, -0.1) is 11.3 Å². The molecule has 2 aromatic carbocycles. The topological polar surface area (TPSA) is 68.4 Å². The zero-order valence-corrected chi connectivity index (χ0v) is 23.9. The summed E-state index contributed by atoms with van der Waals surface area (Å²) in [6.07, 6.45) is 3.11. The summed E-state index contributed by atoms with van der Waals surface area (Å²) in [6.45, 7) is 0.441. The Bertz CT molecular complexity index is 1730. The van der Waals surface area contributed by atoms with Crippen molar-refractivity contribution in [2.75, 3.05) is 0 Å². The van der Waals surface area contributed by atoms with Crippen molar-refractivity contribution in [1.29, 1.82) is 0 Å². The number of hydrogen-bond acceptors (Lipinski definition) is 6. The summed E-state index contributed by atoms with van der Waals surface area (Å²) in [5.41, 5.74) is 2.54. The first-order valence-corrected chi connectivity index (χ1v) is 15.6. The molecule has 4 aromatic rings. The second-order valence-electron chi connectivity index (χ2n) is 12.2. The Morgan fingerprint density at radius 2 is 1.97 bits per heavy atom. The number of aromatic nitrogens is 2. The molecule has 6 fully saturated rings. The van der Waals surface area contributed by atoms with Crippen LogP contribution in [0.1, 0.15) is 41.5 Å². The first-order valence-electron chi connectivity index (χ1n) is 13.3. The Labute approximate surface area is 240 Å². The number of rotatable bonds is 6. The summed E-state index contributed by atoms with van der Waals surface area (Å²) in [7, 11) is 0. The highest BCUT2D eigenvalue weighted by Crippen LogP contribution is 3.08. The van der Waals surface area contributed by atoms with Gasteiger partial charge < -0.3 is 14.4 Å². The molecule has 1 spiro atoms. The van der Waals surface area contributed by atoms with Gasteiger partial charge >= 0.3 is 0 Å². The van der Waals surface area contributed by atoms with Gasteiger partial charge in [0.2, 0.25) is 0 Å². The fraction of sp³-hybridized carbons (Fsp3) is 0.448. The Kier molecular flexibility index (Phi) is 3.92. The van der Waals surface area contributed by atoms with Gasteiger partial charge in [-0.1, -0.05) is 50.4 Å². The predicted octanol–water partition coefficient (Wildman–Crippen LogP) is 7.57. The summed E-state index contributed by atoms with van der Waals surface area (Å²) < 4.78 is 15.0. The van der Waals surface area contributed by atoms with Gasteiger partial charge in [0.1, 0.15) is 22.1 Å². The molecular formula is C29H21BrCl2N2O3S. The van der Waals surface area contributed by atoms with Crippen molar-refractivity contribution in [2.45, 2.75) is 43.0 Å². The molecule has 6 saturated carbocycles. The van der Waals surface area contributed by atoms with E-state index < -0.39 is 5.60 Å². The minimum Gasteiger partial charge on any atom is -0.382 e. The highest BCUT2D eigenvalue weighted by molar-refractivity contribution is 9.10. The van der Waals surface area contributed by atoms with E-state index in [2.05, 4.69) is 27.2 Å². The van der Waals surface area contributed by atoms with Crippen LogP contribution in [0.3, 0.4) is 0 Å². The second-order valence-corrected chi connectivity index (χ2v) is 14.9. The summed E-state index contributed by atoms with van der Waals surface area (Å²) in [6, 6.07) is 11.7. The van der Waals surface area contributed by atoms with Crippen LogP contribution in [0.2, 0.25) is 10.0 Å². The van der Waals surface area contributed by atoms with Gasteiger partial charge in [0.15, 0.2) is 0 Å². The van der Waals surface area contributed by atoms with Crippen LogP contribution in [-0.4, -0.2) is 20.8 Å². The van der Waals surface area contributed by atoms with Gasteiger partial charge in [0.05, 0.1) is 32.5 Å². The molecule has 5 nitrogen and oxygen atoms in total. The molecule has 1 N–H and O–H groups in total. The smallest absolute Gasteiger partial charge is 0.145 e. The van der Waals surface area contributed by atoms with E-state index in [1.165, 1.54) is 0 Å². The maximum absolute atomic E-state index is 12.1. The maximum Gasteiger partial charge on any atom is 0.145 e. The minimum absolute atomic E-state index is 0.120. The van der Waals surface area contributed by atoms with Crippen LogP contribution in [0.25, 0.3) is 21.5 Å². The van der Waals surface area contributed by atoms with Gasteiger partial charge in [-0.25, -0.2) is 4.98 Å². The summed E-state index contributed by atoms with van der Waals surface area (Å²) in [4.78, 5) is 4.91. The van der Waals surface area contributed by atoms with E-state index in [1.807, 2.05) is 30.3 Å². The molecule has 2 aromatic heterocycles. The minimum atomic E-state index is -0.817. The van der Waals surface area contributed by atoms with Crippen molar-refractivity contribution in [3.8, 4) is 11.3 Å². The molecule has 6 aliphatic rings. The van der Waals surface area contributed by atoms with Gasteiger partial charge in [0.25, 0.3) is 0 Å². The third kappa shape index (κ3) is 2.18. The zero-order valence-electron chi connectivity index (χ0n) is 20.0. The van der Waals surface area contributed by atoms with Crippen LogP contribution in [-0.2, 0) is 16.9 Å². The standard InChI is InChI=1S/C29H21BrCl2N2O3S/c30-12-6-7-16-17(8-12)38-26(33-16)29(35)18-9-27(21-20-22(21)28(18,27)25(20)29)36-10-13-23(34-37-24(13)11-4-5-11)19-14(31)2-1-3-15(19)32/h1-3,6-8,11,18,20-22,25,35H,4-5,9-10H2/t18-,20?,21?,22?,25?,27?,28?,29-/m1/s1. The van der Waals surface area contributed by atoms with Crippen molar-refractivity contribution >= 4 is 60.7 Å². The Morgan fingerprint density at radius 1 is 1.16 bits per heavy atom. The van der Waals surface area contributed by atoms with Crippen LogP contribution in [0, 0.1) is 35.0 Å². The Hall–Kier alpha value is -1.48. The van der Waals surface area contributed by atoms with Crippen molar-refractivity contribution in [3.05, 3.63) is 67.2 Å². The third-order valence-electron chi connectivity index (χ3n) is 11.0. The third-order valence-corrected chi connectivity index (χ3v) is 13.3. The number of aliphatic hydroxyl groups is 1. The van der Waals surface area contributed by atoms with Crippen LogP contribution < -0.4 is 0 Å². The molecule has 0 bridgehead atoms. The number of hydrogen-bond donors (Lipinski definition) is 1. The zero-order chi connectivity index (χ0) is 25.3. The average Bonchev–Trinajstić information content (AvgIpc) is 3.68. The lowest BCUT2D eigenvalue weighted by molar-refractivity contribution is -0.466. The van der Waals surface area contributed by atoms with E-state index in [4.69, 9.17) is 37.4 Å². The Balaban J connectivity index is 0.985. The predicted molar refractivity (Wildman–Crippen MR) is 147 cm³/mol. The van der Waals surface area contributed by atoms with Crippen LogP contribution >= 0.6 is 50.5 Å². The molecule has 0 radical (unpaired) electrons. The molecule has 6 unspecified atom stereocenters. The molecule has 38 heavy (non-hydrogen) atoms. The van der Waals surface area contributed by atoms with E-state index in [0.29, 0.717) is 45.7 Å². The molecule has 192 valence electrons. The molecule has 8 atom stereocenters. The van der Waals surface area contributed by atoms with E-state index in [1.54, 1.807) is 11.3 Å². The summed E-state index contributed by atoms with van der Waals surface area (Å²) >= 11 is 18.4. The van der Waals surface area contributed by atoms with Crippen molar-refractivity contribution in [1.82, 2.24) is 10.1 Å². The SMILES string of the molecule is O[C@@]1(c2nc3ccc(Br)cc3s2)C2C3C4C3C23[C@H]1CC43OCc1c(-c2c(Cl)cccc2Cl)noc1C1CC1.